The Morgan fingerprint density at radius 2 is 2.32 bits per heavy atom. The summed E-state index contributed by atoms with van der Waals surface area (Å²) in [5.74, 6) is -0.376. The number of carbonyl (C=O) groups excluding carboxylic acids is 1. The number of nitrogens with zero attached hydrogens (tertiary/aromatic N) is 1. The molecule has 0 aliphatic rings. The van der Waals surface area contributed by atoms with Gasteiger partial charge in [0.25, 0.3) is 0 Å². The number of nitriles is 1. The van der Waals surface area contributed by atoms with Crippen molar-refractivity contribution in [3.63, 3.8) is 0 Å². The first kappa shape index (κ1) is 15.3. The molecule has 0 amide bonds. The number of nitrogens with one attached hydrogen (secondary N) is 1. The molecule has 1 N–H and O–H groups in total. The van der Waals surface area contributed by atoms with Crippen molar-refractivity contribution in [2.45, 2.75) is 6.92 Å². The molecule has 0 spiro atoms. The van der Waals surface area contributed by atoms with Gasteiger partial charge in [0, 0.05) is 6.54 Å². The van der Waals surface area contributed by atoms with Gasteiger partial charge in [-0.25, -0.2) is 4.79 Å². The summed E-state index contributed by atoms with van der Waals surface area (Å²) in [5.41, 5.74) is 1.23. The molecule has 1 aromatic rings. The molecule has 5 nitrogen and oxygen atoms in total. The Bertz CT molecular complexity index is 471. The van der Waals surface area contributed by atoms with Gasteiger partial charge in [-0.3, -0.25) is 0 Å². The van der Waals surface area contributed by atoms with Crippen LogP contribution in [0.1, 0.15) is 12.5 Å². The van der Waals surface area contributed by atoms with Crippen LogP contribution in [0, 0.1) is 11.3 Å². The normalized spacial score (nSPS) is 9.74. The maximum atomic E-state index is 11.0. The minimum Gasteiger partial charge on any atom is -0.464 e. The van der Waals surface area contributed by atoms with Gasteiger partial charge in [-0.1, -0.05) is 11.6 Å². The fourth-order valence-corrected chi connectivity index (χ4v) is 1.59. The van der Waals surface area contributed by atoms with Crippen LogP contribution in [0.25, 0.3) is 0 Å². The van der Waals surface area contributed by atoms with Crippen molar-refractivity contribution in [2.75, 3.05) is 31.7 Å². The fraction of sp³-hybridized carbons (Fsp3) is 0.385. The third-order valence-electron chi connectivity index (χ3n) is 2.19. The third-order valence-corrected chi connectivity index (χ3v) is 2.50. The Hall–Kier alpha value is -1.77. The number of benzene rings is 1. The molecule has 0 saturated heterocycles. The van der Waals surface area contributed by atoms with Crippen LogP contribution in [0.3, 0.4) is 0 Å². The van der Waals surface area contributed by atoms with Crippen molar-refractivity contribution in [1.29, 1.82) is 5.26 Å². The summed E-state index contributed by atoms with van der Waals surface area (Å²) in [6.45, 7) is 2.89. The zero-order valence-corrected chi connectivity index (χ0v) is 11.4. The average Bonchev–Trinajstić information content (AvgIpc) is 2.40. The fourth-order valence-electron chi connectivity index (χ4n) is 1.34. The Morgan fingerprint density at radius 3 is 2.95 bits per heavy atom. The van der Waals surface area contributed by atoms with E-state index in [1.807, 2.05) is 6.07 Å². The second-order valence-corrected chi connectivity index (χ2v) is 4.00. The largest absolute Gasteiger partial charge is 0.464 e. The molecule has 1 aromatic carbocycles. The molecular formula is C13H15ClN2O3. The molecular weight excluding hydrogens is 268 g/mol. The van der Waals surface area contributed by atoms with Gasteiger partial charge in [-0.15, -0.1) is 0 Å². The van der Waals surface area contributed by atoms with Crippen LogP contribution in [0.15, 0.2) is 18.2 Å². The van der Waals surface area contributed by atoms with Crippen LogP contribution in [0.4, 0.5) is 5.69 Å². The van der Waals surface area contributed by atoms with Crippen molar-refractivity contribution >= 4 is 23.3 Å². The van der Waals surface area contributed by atoms with E-state index in [9.17, 15) is 4.79 Å². The molecule has 0 radical (unpaired) electrons. The van der Waals surface area contributed by atoms with Crippen LogP contribution < -0.4 is 5.32 Å². The second kappa shape index (κ2) is 8.35. The van der Waals surface area contributed by atoms with Crippen LogP contribution in [0.2, 0.25) is 5.02 Å². The maximum Gasteiger partial charge on any atom is 0.332 e. The summed E-state index contributed by atoms with van der Waals surface area (Å²) in [4.78, 5) is 11.0. The summed E-state index contributed by atoms with van der Waals surface area (Å²) in [6, 6.07) is 7.00. The van der Waals surface area contributed by atoms with Crippen molar-refractivity contribution < 1.29 is 14.3 Å². The number of halogens is 1. The van der Waals surface area contributed by atoms with Crippen LogP contribution in [0.5, 0.6) is 0 Å². The lowest BCUT2D eigenvalue weighted by atomic mass is 10.2. The van der Waals surface area contributed by atoms with Gasteiger partial charge in [-0.05, 0) is 25.1 Å². The van der Waals surface area contributed by atoms with Crippen LogP contribution in [-0.4, -0.2) is 32.3 Å². The summed E-state index contributed by atoms with van der Waals surface area (Å²) in [7, 11) is 0. The molecule has 0 aliphatic heterocycles. The third kappa shape index (κ3) is 5.60. The van der Waals surface area contributed by atoms with Crippen molar-refractivity contribution in [2.24, 2.45) is 0 Å². The number of carbonyl (C=O) groups is 1. The van der Waals surface area contributed by atoms with E-state index in [-0.39, 0.29) is 12.6 Å². The first-order valence-electron chi connectivity index (χ1n) is 5.84. The van der Waals surface area contributed by atoms with Gasteiger partial charge in [0.2, 0.25) is 0 Å². The van der Waals surface area contributed by atoms with Crippen molar-refractivity contribution in [3.05, 3.63) is 28.8 Å². The Morgan fingerprint density at radius 1 is 1.53 bits per heavy atom. The molecule has 0 unspecified atom stereocenters. The Kier molecular flexibility index (Phi) is 6.72. The summed E-state index contributed by atoms with van der Waals surface area (Å²) in [5, 5.41) is 12.2. The highest BCUT2D eigenvalue weighted by atomic mass is 35.5. The predicted octanol–water partition coefficient (Wildman–Crippen LogP) is 2.20. The number of hydrogen-bond acceptors (Lipinski definition) is 5. The first-order chi connectivity index (χ1) is 9.17. The SMILES string of the molecule is CCOC(=O)COCCNc1ccc(C#N)cc1Cl. The summed E-state index contributed by atoms with van der Waals surface area (Å²) < 4.78 is 9.84. The zero-order chi connectivity index (χ0) is 14.1. The van der Waals surface area contributed by atoms with E-state index >= 15 is 0 Å². The Balaban J connectivity index is 2.26. The lowest BCUT2D eigenvalue weighted by molar-refractivity contribution is -0.148. The van der Waals surface area contributed by atoms with E-state index in [0.29, 0.717) is 30.3 Å². The molecule has 0 fully saturated rings. The van der Waals surface area contributed by atoms with Crippen molar-refractivity contribution in [1.82, 2.24) is 0 Å². The highest BCUT2D eigenvalue weighted by molar-refractivity contribution is 6.33. The van der Waals surface area contributed by atoms with E-state index in [1.165, 1.54) is 0 Å². The zero-order valence-electron chi connectivity index (χ0n) is 10.6. The number of rotatable bonds is 7. The number of anilines is 1. The smallest absolute Gasteiger partial charge is 0.332 e. The highest BCUT2D eigenvalue weighted by Crippen LogP contribution is 2.22. The molecule has 0 atom stereocenters. The molecule has 0 heterocycles. The lowest BCUT2D eigenvalue weighted by Crippen LogP contribution is -2.16. The average molecular weight is 283 g/mol. The van der Waals surface area contributed by atoms with E-state index in [1.54, 1.807) is 25.1 Å². The topological polar surface area (TPSA) is 71.3 Å². The number of esters is 1. The molecule has 6 heteroatoms. The minimum absolute atomic E-state index is 0.0589. The highest BCUT2D eigenvalue weighted by Gasteiger charge is 2.03. The minimum atomic E-state index is -0.376. The van der Waals surface area contributed by atoms with Crippen LogP contribution >= 0.6 is 11.6 Å². The van der Waals surface area contributed by atoms with E-state index < -0.39 is 0 Å². The number of hydrogen-bond donors (Lipinski definition) is 1. The predicted molar refractivity (Wildman–Crippen MR) is 72.1 cm³/mol. The maximum absolute atomic E-state index is 11.0. The molecule has 102 valence electrons. The molecule has 0 bridgehead atoms. The Labute approximate surface area is 117 Å². The molecule has 0 aliphatic carbocycles. The van der Waals surface area contributed by atoms with Gasteiger partial charge in [0.05, 0.1) is 35.6 Å². The van der Waals surface area contributed by atoms with Gasteiger partial charge in [0.1, 0.15) is 6.61 Å². The van der Waals surface area contributed by atoms with E-state index in [0.717, 1.165) is 5.69 Å². The molecule has 0 saturated carbocycles. The van der Waals surface area contributed by atoms with Crippen LogP contribution in [-0.2, 0) is 14.3 Å². The van der Waals surface area contributed by atoms with Gasteiger partial charge in [-0.2, -0.15) is 5.26 Å². The number of ether oxygens (including phenoxy) is 2. The van der Waals surface area contributed by atoms with Crippen molar-refractivity contribution in [3.8, 4) is 6.07 Å². The summed E-state index contributed by atoms with van der Waals surface area (Å²) >= 11 is 5.98. The molecule has 0 aromatic heterocycles. The second-order valence-electron chi connectivity index (χ2n) is 3.59. The lowest BCUT2D eigenvalue weighted by Gasteiger charge is -2.09. The van der Waals surface area contributed by atoms with Gasteiger partial charge < -0.3 is 14.8 Å². The molecule has 1 rings (SSSR count). The van der Waals surface area contributed by atoms with Gasteiger partial charge >= 0.3 is 5.97 Å². The summed E-state index contributed by atoms with van der Waals surface area (Å²) in [6.07, 6.45) is 0. The van der Waals surface area contributed by atoms with Gasteiger partial charge in [0.15, 0.2) is 0 Å². The standard InChI is InChI=1S/C13H15ClN2O3/c1-2-19-13(17)9-18-6-5-16-12-4-3-10(8-15)7-11(12)14/h3-4,7,16H,2,5-6,9H2,1H3. The first-order valence-corrected chi connectivity index (χ1v) is 6.22. The van der Waals surface area contributed by atoms with E-state index in [2.05, 4.69) is 5.32 Å². The van der Waals surface area contributed by atoms with E-state index in [4.69, 9.17) is 26.3 Å². The monoisotopic (exact) mass is 282 g/mol. The quantitative estimate of drug-likeness (QED) is 0.613. The molecule has 19 heavy (non-hydrogen) atoms.